The molecular weight excluding hydrogens is 299 g/mol. The summed E-state index contributed by atoms with van der Waals surface area (Å²) in [6.45, 7) is 0. The van der Waals surface area contributed by atoms with Gasteiger partial charge in [0.05, 0.1) is 6.21 Å². The maximum atomic E-state index is 12.7. The van der Waals surface area contributed by atoms with Gasteiger partial charge in [0.2, 0.25) is 11.8 Å². The fourth-order valence-electron chi connectivity index (χ4n) is 1.67. The molecule has 23 heavy (non-hydrogen) atoms. The number of carbonyl (C=O) groups is 2. The highest BCUT2D eigenvalue weighted by Crippen LogP contribution is 2.08. The van der Waals surface area contributed by atoms with Crippen molar-refractivity contribution in [3.8, 4) is 0 Å². The van der Waals surface area contributed by atoms with Crippen molar-refractivity contribution in [2.45, 2.75) is 12.8 Å². The molecule has 0 bridgehead atoms. The zero-order valence-electron chi connectivity index (χ0n) is 12.2. The maximum Gasteiger partial charge on any atom is 0.240 e. The van der Waals surface area contributed by atoms with E-state index in [0.717, 1.165) is 5.56 Å². The number of hydrogen-bond donors (Lipinski definition) is 2. The second kappa shape index (κ2) is 8.38. The van der Waals surface area contributed by atoms with E-state index in [9.17, 15) is 14.0 Å². The average Bonchev–Trinajstić information content (AvgIpc) is 2.56. The molecule has 0 radical (unpaired) electrons. The van der Waals surface area contributed by atoms with Gasteiger partial charge in [-0.05, 0) is 42.0 Å². The quantitative estimate of drug-likeness (QED) is 0.632. The summed E-state index contributed by atoms with van der Waals surface area (Å²) < 4.78 is 12.7. The summed E-state index contributed by atoms with van der Waals surface area (Å²) >= 11 is 0. The van der Waals surface area contributed by atoms with Crippen LogP contribution in [0, 0.1) is 5.82 Å². The van der Waals surface area contributed by atoms with Gasteiger partial charge in [-0.15, -0.1) is 0 Å². The lowest BCUT2D eigenvalue weighted by Gasteiger charge is -2.04. The molecule has 0 fully saturated rings. The number of hydrogen-bond acceptors (Lipinski definition) is 4. The lowest BCUT2D eigenvalue weighted by Crippen LogP contribution is -2.20. The number of anilines is 1. The molecule has 0 aliphatic heterocycles. The topological polar surface area (TPSA) is 83.5 Å². The number of carbonyl (C=O) groups excluding carboxylic acids is 2. The van der Waals surface area contributed by atoms with Crippen molar-refractivity contribution in [3.63, 3.8) is 0 Å². The van der Waals surface area contributed by atoms with Gasteiger partial charge in [-0.1, -0.05) is 0 Å². The molecule has 0 aliphatic rings. The Balaban J connectivity index is 1.70. The lowest BCUT2D eigenvalue weighted by atomic mass is 10.2. The molecule has 0 unspecified atom stereocenters. The van der Waals surface area contributed by atoms with Gasteiger partial charge in [-0.25, -0.2) is 9.82 Å². The first kappa shape index (κ1) is 16.3. The number of nitrogens with one attached hydrogen (secondary N) is 2. The highest BCUT2D eigenvalue weighted by atomic mass is 19.1. The van der Waals surface area contributed by atoms with Crippen LogP contribution in [-0.2, 0) is 9.59 Å². The van der Waals surface area contributed by atoms with E-state index in [1.54, 1.807) is 24.5 Å². The SMILES string of the molecule is O=C(CCC(=O)Nc1ccc(F)cc1)N/N=C\c1ccncc1. The monoisotopic (exact) mass is 314 g/mol. The Hall–Kier alpha value is -3.09. The Kier molecular flexibility index (Phi) is 5.93. The summed E-state index contributed by atoms with van der Waals surface area (Å²) in [5.74, 6) is -1.08. The second-order valence-corrected chi connectivity index (χ2v) is 4.63. The fraction of sp³-hybridized carbons (Fsp3) is 0.125. The van der Waals surface area contributed by atoms with Crippen LogP contribution in [0.3, 0.4) is 0 Å². The Morgan fingerprint density at radius 3 is 2.39 bits per heavy atom. The minimum Gasteiger partial charge on any atom is -0.326 e. The summed E-state index contributed by atoms with van der Waals surface area (Å²) in [6.07, 6.45) is 4.72. The highest BCUT2D eigenvalue weighted by molar-refractivity contribution is 5.93. The molecule has 6 nitrogen and oxygen atoms in total. The van der Waals surface area contributed by atoms with Crippen LogP contribution in [0.1, 0.15) is 18.4 Å². The number of hydrazone groups is 1. The van der Waals surface area contributed by atoms with Gasteiger partial charge >= 0.3 is 0 Å². The largest absolute Gasteiger partial charge is 0.326 e. The van der Waals surface area contributed by atoms with E-state index in [1.165, 1.54) is 30.5 Å². The van der Waals surface area contributed by atoms with Crippen LogP contribution >= 0.6 is 0 Å². The summed E-state index contributed by atoms with van der Waals surface area (Å²) in [5, 5.41) is 6.36. The summed E-state index contributed by atoms with van der Waals surface area (Å²) in [6, 6.07) is 8.88. The number of nitrogens with zero attached hydrogens (tertiary/aromatic N) is 2. The molecule has 1 heterocycles. The first-order chi connectivity index (χ1) is 11.1. The van der Waals surface area contributed by atoms with Crippen LogP contribution in [0.15, 0.2) is 53.9 Å². The number of pyridine rings is 1. The molecule has 2 amide bonds. The first-order valence-electron chi connectivity index (χ1n) is 6.91. The van der Waals surface area contributed by atoms with Crippen LogP contribution in [0.2, 0.25) is 0 Å². The first-order valence-corrected chi connectivity index (χ1v) is 6.91. The molecule has 2 N–H and O–H groups in total. The Bertz CT molecular complexity index is 687. The van der Waals surface area contributed by atoms with E-state index in [-0.39, 0.29) is 30.5 Å². The van der Waals surface area contributed by atoms with Crippen molar-refractivity contribution in [2.75, 3.05) is 5.32 Å². The molecule has 0 spiro atoms. The minimum absolute atomic E-state index is 0.000708. The average molecular weight is 314 g/mol. The zero-order chi connectivity index (χ0) is 16.5. The van der Waals surface area contributed by atoms with Gasteiger partial charge in [0.15, 0.2) is 0 Å². The highest BCUT2D eigenvalue weighted by Gasteiger charge is 2.06. The summed E-state index contributed by atoms with van der Waals surface area (Å²) in [4.78, 5) is 27.1. The molecule has 1 aromatic heterocycles. The van der Waals surface area contributed by atoms with E-state index in [0.29, 0.717) is 5.69 Å². The molecule has 118 valence electrons. The molecule has 7 heteroatoms. The Morgan fingerprint density at radius 1 is 1.04 bits per heavy atom. The van der Waals surface area contributed by atoms with Crippen LogP contribution in [0.25, 0.3) is 0 Å². The van der Waals surface area contributed by atoms with Crippen LogP contribution in [0.5, 0.6) is 0 Å². The molecule has 0 saturated carbocycles. The van der Waals surface area contributed by atoms with E-state index < -0.39 is 0 Å². The van der Waals surface area contributed by atoms with Gasteiger partial charge in [0, 0.05) is 30.9 Å². The summed E-state index contributed by atoms with van der Waals surface area (Å²) in [7, 11) is 0. The Labute approximate surface area is 132 Å². The number of aromatic nitrogens is 1. The van der Waals surface area contributed by atoms with Crippen molar-refractivity contribution in [2.24, 2.45) is 5.10 Å². The molecule has 1 aromatic carbocycles. The van der Waals surface area contributed by atoms with E-state index in [4.69, 9.17) is 0 Å². The van der Waals surface area contributed by atoms with Crippen LogP contribution in [0.4, 0.5) is 10.1 Å². The number of benzene rings is 1. The van der Waals surface area contributed by atoms with Crippen molar-refractivity contribution in [1.82, 2.24) is 10.4 Å². The predicted octanol–water partition coefficient (Wildman–Crippen LogP) is 2.09. The van der Waals surface area contributed by atoms with E-state index in [1.807, 2.05) is 0 Å². The number of amides is 2. The Morgan fingerprint density at radius 2 is 1.70 bits per heavy atom. The normalized spacial score (nSPS) is 10.5. The summed E-state index contributed by atoms with van der Waals surface area (Å²) in [5.41, 5.74) is 3.62. The maximum absolute atomic E-state index is 12.7. The standard InChI is InChI=1S/C16H15FN4O2/c17-13-1-3-14(4-2-13)20-15(22)5-6-16(23)21-19-11-12-7-9-18-10-8-12/h1-4,7-11H,5-6H2,(H,20,22)(H,21,23)/b19-11-. The molecule has 2 rings (SSSR count). The van der Waals surface area contributed by atoms with E-state index >= 15 is 0 Å². The molecule has 0 saturated heterocycles. The van der Waals surface area contributed by atoms with Gasteiger partial charge in [-0.2, -0.15) is 5.10 Å². The molecular formula is C16H15FN4O2. The van der Waals surface area contributed by atoms with E-state index in [2.05, 4.69) is 20.8 Å². The zero-order valence-corrected chi connectivity index (χ0v) is 12.2. The fourth-order valence-corrected chi connectivity index (χ4v) is 1.67. The van der Waals surface area contributed by atoms with Crippen LogP contribution in [-0.4, -0.2) is 23.0 Å². The van der Waals surface area contributed by atoms with Gasteiger partial charge in [-0.3, -0.25) is 14.6 Å². The number of halogens is 1. The number of rotatable bonds is 6. The van der Waals surface area contributed by atoms with Crippen molar-refractivity contribution in [1.29, 1.82) is 0 Å². The van der Waals surface area contributed by atoms with Crippen molar-refractivity contribution < 1.29 is 14.0 Å². The second-order valence-electron chi connectivity index (χ2n) is 4.63. The molecule has 0 atom stereocenters. The smallest absolute Gasteiger partial charge is 0.240 e. The van der Waals surface area contributed by atoms with Gasteiger partial charge < -0.3 is 5.32 Å². The third-order valence-corrected chi connectivity index (χ3v) is 2.82. The van der Waals surface area contributed by atoms with Crippen molar-refractivity contribution in [3.05, 3.63) is 60.2 Å². The van der Waals surface area contributed by atoms with Gasteiger partial charge in [0.25, 0.3) is 0 Å². The van der Waals surface area contributed by atoms with Gasteiger partial charge in [0.1, 0.15) is 5.82 Å². The van der Waals surface area contributed by atoms with Crippen molar-refractivity contribution >= 4 is 23.7 Å². The van der Waals surface area contributed by atoms with Crippen LogP contribution < -0.4 is 10.7 Å². The minimum atomic E-state index is -0.380. The third-order valence-electron chi connectivity index (χ3n) is 2.82. The molecule has 2 aromatic rings. The third kappa shape index (κ3) is 6.04. The predicted molar refractivity (Wildman–Crippen MR) is 84.2 cm³/mol. The lowest BCUT2D eigenvalue weighted by molar-refractivity contribution is -0.124. The molecule has 0 aliphatic carbocycles.